The number of hydrogen-bond donors (Lipinski definition) is 1. The molecule has 0 radical (unpaired) electrons. The Labute approximate surface area is 217 Å². The Hall–Kier alpha value is -3.84. The van der Waals surface area contributed by atoms with E-state index in [2.05, 4.69) is 5.32 Å². The van der Waals surface area contributed by atoms with Crippen LogP contribution in [0.15, 0.2) is 78.5 Å². The van der Waals surface area contributed by atoms with Gasteiger partial charge in [0.05, 0.1) is 13.2 Å². The maximum atomic E-state index is 13.2. The maximum Gasteiger partial charge on any atom is 0.276 e. The summed E-state index contributed by atoms with van der Waals surface area (Å²) in [6.07, 6.45) is 2.42. The van der Waals surface area contributed by atoms with Crippen LogP contribution in [0.5, 0.6) is 17.2 Å². The summed E-state index contributed by atoms with van der Waals surface area (Å²) in [6, 6.07) is 23.5. The zero-order valence-electron chi connectivity index (χ0n) is 20.5. The lowest BCUT2D eigenvalue weighted by atomic mass is 10.1. The number of para-hydroxylation sites is 1. The van der Waals surface area contributed by atoms with E-state index in [9.17, 15) is 4.79 Å². The molecule has 0 bridgehead atoms. The molecule has 0 aliphatic carbocycles. The monoisotopic (exact) mass is 502 g/mol. The van der Waals surface area contributed by atoms with Crippen molar-refractivity contribution in [2.75, 3.05) is 19.8 Å². The largest absolute Gasteiger partial charge is 0.490 e. The molecule has 36 heavy (non-hydrogen) atoms. The van der Waals surface area contributed by atoms with Crippen LogP contribution >= 0.6 is 12.2 Å². The third-order valence-corrected chi connectivity index (χ3v) is 5.97. The van der Waals surface area contributed by atoms with Crippen LogP contribution in [0.3, 0.4) is 0 Å². The van der Waals surface area contributed by atoms with Crippen molar-refractivity contribution in [2.45, 2.75) is 26.9 Å². The molecule has 1 N–H and O–H groups in total. The molecule has 0 atom stereocenters. The highest BCUT2D eigenvalue weighted by molar-refractivity contribution is 7.80. The molecule has 1 heterocycles. The quantitative estimate of drug-likeness (QED) is 0.281. The maximum absolute atomic E-state index is 13.2. The number of amides is 1. The minimum atomic E-state index is -0.158. The Bertz CT molecular complexity index is 1240. The summed E-state index contributed by atoms with van der Waals surface area (Å²) in [4.78, 5) is 14.8. The van der Waals surface area contributed by atoms with Crippen LogP contribution < -0.4 is 19.5 Å². The average Bonchev–Trinajstić information content (AvgIpc) is 3.16. The van der Waals surface area contributed by atoms with Gasteiger partial charge in [0.15, 0.2) is 16.6 Å². The summed E-state index contributed by atoms with van der Waals surface area (Å²) in [5, 5.41) is 3.46. The van der Waals surface area contributed by atoms with Crippen LogP contribution in [-0.4, -0.2) is 35.7 Å². The number of nitrogens with zero attached hydrogens (tertiary/aromatic N) is 1. The van der Waals surface area contributed by atoms with E-state index in [1.54, 1.807) is 11.0 Å². The van der Waals surface area contributed by atoms with E-state index in [0.29, 0.717) is 55.1 Å². The van der Waals surface area contributed by atoms with Crippen LogP contribution in [0, 0.1) is 0 Å². The van der Waals surface area contributed by atoms with Gasteiger partial charge in [0.1, 0.15) is 18.1 Å². The van der Waals surface area contributed by atoms with Crippen molar-refractivity contribution in [1.82, 2.24) is 10.2 Å². The summed E-state index contributed by atoms with van der Waals surface area (Å²) in [6.45, 7) is 5.89. The second-order valence-electron chi connectivity index (χ2n) is 8.15. The first-order valence-corrected chi connectivity index (χ1v) is 12.5. The van der Waals surface area contributed by atoms with Gasteiger partial charge in [-0.15, -0.1) is 0 Å². The number of hydrogen-bond acceptors (Lipinski definition) is 5. The van der Waals surface area contributed by atoms with Gasteiger partial charge in [-0.1, -0.05) is 54.6 Å². The Morgan fingerprint density at radius 1 is 0.833 bits per heavy atom. The van der Waals surface area contributed by atoms with E-state index in [4.69, 9.17) is 26.4 Å². The van der Waals surface area contributed by atoms with Crippen LogP contribution in [0.25, 0.3) is 6.08 Å². The molecule has 1 aliphatic rings. The van der Waals surface area contributed by atoms with Gasteiger partial charge in [0.25, 0.3) is 5.91 Å². The number of thiocarbonyl (C=S) groups is 1. The fraction of sp³-hybridized carbons (Fsp3) is 0.241. The fourth-order valence-corrected chi connectivity index (χ4v) is 4.17. The first-order chi connectivity index (χ1) is 17.6. The van der Waals surface area contributed by atoms with Crippen molar-refractivity contribution in [2.24, 2.45) is 0 Å². The SMILES string of the molecule is CCOc1ccc(CCN2C(=O)/C(=C\c3ccccc3OCc3ccccc3)NC2=S)cc1OCC. The molecule has 0 unspecified atom stereocenters. The zero-order chi connectivity index (χ0) is 25.3. The summed E-state index contributed by atoms with van der Waals surface area (Å²) >= 11 is 5.47. The molecule has 6 nitrogen and oxygen atoms in total. The van der Waals surface area contributed by atoms with Gasteiger partial charge in [-0.05, 0) is 67.9 Å². The Morgan fingerprint density at radius 3 is 2.33 bits per heavy atom. The van der Waals surface area contributed by atoms with Crippen LogP contribution in [0.2, 0.25) is 0 Å². The second-order valence-corrected chi connectivity index (χ2v) is 8.54. The zero-order valence-corrected chi connectivity index (χ0v) is 21.3. The molecule has 0 saturated carbocycles. The van der Waals surface area contributed by atoms with Gasteiger partial charge in [0.2, 0.25) is 0 Å². The van der Waals surface area contributed by atoms with Crippen molar-refractivity contribution in [3.63, 3.8) is 0 Å². The lowest BCUT2D eigenvalue weighted by Crippen LogP contribution is -2.32. The predicted molar refractivity (Wildman–Crippen MR) is 145 cm³/mol. The highest BCUT2D eigenvalue weighted by Gasteiger charge is 2.30. The fourth-order valence-electron chi connectivity index (χ4n) is 3.89. The van der Waals surface area contributed by atoms with Crippen molar-refractivity contribution in [1.29, 1.82) is 0 Å². The van der Waals surface area contributed by atoms with Crippen molar-refractivity contribution in [3.05, 3.63) is 95.2 Å². The Balaban J connectivity index is 1.44. The van der Waals surface area contributed by atoms with Gasteiger partial charge in [-0.3, -0.25) is 9.69 Å². The number of benzene rings is 3. The second kappa shape index (κ2) is 12.2. The number of carbonyl (C=O) groups is 1. The number of ether oxygens (including phenoxy) is 3. The number of nitrogens with one attached hydrogen (secondary N) is 1. The molecule has 1 aliphatic heterocycles. The lowest BCUT2D eigenvalue weighted by molar-refractivity contribution is -0.122. The van der Waals surface area contributed by atoms with E-state index in [0.717, 1.165) is 22.4 Å². The number of rotatable bonds is 11. The highest BCUT2D eigenvalue weighted by Crippen LogP contribution is 2.29. The van der Waals surface area contributed by atoms with Gasteiger partial charge in [-0.2, -0.15) is 0 Å². The smallest absolute Gasteiger partial charge is 0.276 e. The van der Waals surface area contributed by atoms with Gasteiger partial charge in [-0.25, -0.2) is 0 Å². The van der Waals surface area contributed by atoms with Crippen molar-refractivity contribution in [3.8, 4) is 17.2 Å². The van der Waals surface area contributed by atoms with E-state index in [1.807, 2.05) is 86.6 Å². The predicted octanol–water partition coefficient (Wildman–Crippen LogP) is 5.36. The van der Waals surface area contributed by atoms with E-state index in [-0.39, 0.29) is 5.91 Å². The summed E-state index contributed by atoms with van der Waals surface area (Å²) in [5.74, 6) is 1.97. The van der Waals surface area contributed by atoms with Gasteiger partial charge >= 0.3 is 0 Å². The molecule has 7 heteroatoms. The van der Waals surface area contributed by atoms with E-state index >= 15 is 0 Å². The van der Waals surface area contributed by atoms with E-state index in [1.165, 1.54) is 0 Å². The Morgan fingerprint density at radius 2 is 1.56 bits per heavy atom. The number of carbonyl (C=O) groups excluding carboxylic acids is 1. The summed E-state index contributed by atoms with van der Waals surface area (Å²) in [5.41, 5.74) is 3.35. The standard InChI is InChI=1S/C29H30N2O4S/c1-3-33-26-15-14-21(18-27(26)34-4-2)16-17-31-28(32)24(30-29(31)36)19-23-12-8-9-13-25(23)35-20-22-10-6-5-7-11-22/h5-15,18-19H,3-4,16-17,20H2,1-2H3,(H,30,36)/b24-19+. The molecule has 4 rings (SSSR count). The average molecular weight is 503 g/mol. The first kappa shape index (κ1) is 25.3. The Kier molecular flexibility index (Phi) is 8.57. The first-order valence-electron chi connectivity index (χ1n) is 12.1. The molecule has 1 saturated heterocycles. The summed E-state index contributed by atoms with van der Waals surface area (Å²) < 4.78 is 17.4. The highest BCUT2D eigenvalue weighted by atomic mass is 32.1. The molecule has 3 aromatic rings. The molecule has 0 spiro atoms. The van der Waals surface area contributed by atoms with Crippen LogP contribution in [0.4, 0.5) is 0 Å². The third kappa shape index (κ3) is 6.23. The molecule has 186 valence electrons. The minimum absolute atomic E-state index is 0.158. The molecule has 1 amide bonds. The molecular weight excluding hydrogens is 472 g/mol. The summed E-state index contributed by atoms with van der Waals surface area (Å²) in [7, 11) is 0. The lowest BCUT2D eigenvalue weighted by Gasteiger charge is -2.16. The third-order valence-electron chi connectivity index (χ3n) is 5.65. The van der Waals surface area contributed by atoms with Crippen molar-refractivity contribution < 1.29 is 19.0 Å². The van der Waals surface area contributed by atoms with Crippen LogP contribution in [-0.2, 0) is 17.8 Å². The molecular formula is C29H30N2O4S. The van der Waals surface area contributed by atoms with Crippen LogP contribution in [0.1, 0.15) is 30.5 Å². The normalized spacial score (nSPS) is 14.2. The van der Waals surface area contributed by atoms with Gasteiger partial charge in [0, 0.05) is 12.1 Å². The minimum Gasteiger partial charge on any atom is -0.490 e. The van der Waals surface area contributed by atoms with E-state index < -0.39 is 0 Å². The van der Waals surface area contributed by atoms with Crippen molar-refractivity contribution >= 4 is 29.3 Å². The topological polar surface area (TPSA) is 60.0 Å². The molecule has 3 aromatic carbocycles. The molecule has 0 aromatic heterocycles. The van der Waals surface area contributed by atoms with Gasteiger partial charge < -0.3 is 19.5 Å². The molecule has 1 fully saturated rings.